The number of benzene rings is 1. The van der Waals surface area contributed by atoms with Crippen LogP contribution >= 0.6 is 0 Å². The minimum absolute atomic E-state index is 0.0180. The maximum Gasteiger partial charge on any atom is 0.244 e. The van der Waals surface area contributed by atoms with E-state index >= 15 is 0 Å². The van der Waals surface area contributed by atoms with Gasteiger partial charge in [0.25, 0.3) is 0 Å². The Morgan fingerprint density at radius 3 is 2.59 bits per heavy atom. The highest BCUT2D eigenvalue weighted by Gasteiger charge is 2.39. The van der Waals surface area contributed by atoms with Crippen LogP contribution in [-0.4, -0.2) is 49.6 Å². The molecule has 1 saturated heterocycles. The number of hydrogen-bond donors (Lipinski definition) is 2. The average Bonchev–Trinajstić information content (AvgIpc) is 2.75. The SMILES string of the molecule is N#CC1(C(=O)Nc2ccc(F)c(NC(=O)CCN3CCOCC3)c2)CCCCC1. The van der Waals surface area contributed by atoms with E-state index in [0.29, 0.717) is 38.3 Å². The zero-order valence-corrected chi connectivity index (χ0v) is 16.5. The lowest BCUT2D eigenvalue weighted by atomic mass is 9.74. The summed E-state index contributed by atoms with van der Waals surface area (Å²) in [5.41, 5.74) is -0.654. The number of ether oxygens (including phenoxy) is 1. The number of nitrogens with zero attached hydrogens (tertiary/aromatic N) is 2. The third-order valence-corrected chi connectivity index (χ3v) is 5.61. The summed E-state index contributed by atoms with van der Waals surface area (Å²) in [6.45, 7) is 3.45. The van der Waals surface area contributed by atoms with Gasteiger partial charge in [0.15, 0.2) is 0 Å². The van der Waals surface area contributed by atoms with E-state index in [2.05, 4.69) is 21.6 Å². The number of carbonyl (C=O) groups is 2. The van der Waals surface area contributed by atoms with Crippen LogP contribution in [0.5, 0.6) is 0 Å². The molecule has 1 saturated carbocycles. The molecule has 2 fully saturated rings. The first-order chi connectivity index (χ1) is 14.0. The van der Waals surface area contributed by atoms with E-state index in [1.807, 2.05) is 0 Å². The molecule has 156 valence electrons. The Bertz CT molecular complexity index is 781. The molecule has 2 amide bonds. The maximum absolute atomic E-state index is 14.2. The second kappa shape index (κ2) is 9.81. The lowest BCUT2D eigenvalue weighted by molar-refractivity contribution is -0.124. The molecule has 0 spiro atoms. The van der Waals surface area contributed by atoms with Gasteiger partial charge in [0.1, 0.15) is 11.2 Å². The summed E-state index contributed by atoms with van der Waals surface area (Å²) in [4.78, 5) is 27.0. The van der Waals surface area contributed by atoms with Crippen molar-refractivity contribution in [1.29, 1.82) is 5.26 Å². The van der Waals surface area contributed by atoms with Crippen LogP contribution in [0.25, 0.3) is 0 Å². The number of morpholine rings is 1. The quantitative estimate of drug-likeness (QED) is 0.763. The monoisotopic (exact) mass is 402 g/mol. The van der Waals surface area contributed by atoms with Crippen LogP contribution < -0.4 is 10.6 Å². The van der Waals surface area contributed by atoms with Gasteiger partial charge in [0.05, 0.1) is 25.0 Å². The number of anilines is 2. The van der Waals surface area contributed by atoms with Crippen molar-refractivity contribution < 1.29 is 18.7 Å². The number of hydrogen-bond acceptors (Lipinski definition) is 5. The minimum Gasteiger partial charge on any atom is -0.379 e. The van der Waals surface area contributed by atoms with Crippen LogP contribution in [0.3, 0.4) is 0 Å². The topological polar surface area (TPSA) is 94.5 Å². The molecule has 2 aliphatic rings. The Morgan fingerprint density at radius 1 is 1.17 bits per heavy atom. The van der Waals surface area contributed by atoms with E-state index in [4.69, 9.17) is 4.74 Å². The standard InChI is InChI=1S/C21H27FN4O3/c22-17-5-4-16(24-20(28)21(15-23)7-2-1-3-8-21)14-18(17)25-19(27)6-9-26-10-12-29-13-11-26/h4-5,14H,1-3,6-13H2,(H,24,28)(H,25,27). The van der Waals surface area contributed by atoms with Gasteiger partial charge in [-0.1, -0.05) is 19.3 Å². The Hall–Kier alpha value is -2.50. The zero-order valence-electron chi connectivity index (χ0n) is 16.5. The van der Waals surface area contributed by atoms with E-state index < -0.39 is 11.2 Å². The van der Waals surface area contributed by atoms with Crippen molar-refractivity contribution in [2.45, 2.75) is 38.5 Å². The molecule has 7 nitrogen and oxygen atoms in total. The maximum atomic E-state index is 14.2. The van der Waals surface area contributed by atoms with E-state index in [1.165, 1.54) is 18.2 Å². The predicted molar refractivity (Wildman–Crippen MR) is 107 cm³/mol. The van der Waals surface area contributed by atoms with Gasteiger partial charge in [-0.25, -0.2) is 4.39 Å². The highest BCUT2D eigenvalue weighted by molar-refractivity contribution is 5.98. The molecule has 8 heteroatoms. The van der Waals surface area contributed by atoms with Gasteiger partial charge in [-0.05, 0) is 31.0 Å². The van der Waals surface area contributed by atoms with Gasteiger partial charge in [0, 0.05) is 31.7 Å². The number of halogens is 1. The molecule has 0 bridgehead atoms. The first kappa shape index (κ1) is 21.2. The Balaban J connectivity index is 1.59. The third kappa shape index (κ3) is 5.52. The fourth-order valence-electron chi connectivity index (χ4n) is 3.79. The van der Waals surface area contributed by atoms with Crippen LogP contribution in [0, 0.1) is 22.6 Å². The van der Waals surface area contributed by atoms with Gasteiger partial charge in [-0.3, -0.25) is 14.5 Å². The van der Waals surface area contributed by atoms with Crippen LogP contribution in [0.4, 0.5) is 15.8 Å². The first-order valence-electron chi connectivity index (χ1n) is 10.1. The minimum atomic E-state index is -1.03. The molecule has 1 aromatic carbocycles. The van der Waals surface area contributed by atoms with Crippen molar-refractivity contribution in [1.82, 2.24) is 4.90 Å². The number of rotatable bonds is 6. The van der Waals surface area contributed by atoms with Gasteiger partial charge in [0.2, 0.25) is 11.8 Å². The van der Waals surface area contributed by atoms with Crippen LogP contribution in [0.1, 0.15) is 38.5 Å². The fraction of sp³-hybridized carbons (Fsp3) is 0.571. The normalized spacial score (nSPS) is 19.2. The van der Waals surface area contributed by atoms with Gasteiger partial charge in [-0.15, -0.1) is 0 Å². The molecule has 1 aliphatic heterocycles. The molecule has 0 unspecified atom stereocenters. The smallest absolute Gasteiger partial charge is 0.244 e. The molecule has 29 heavy (non-hydrogen) atoms. The van der Waals surface area contributed by atoms with E-state index in [1.54, 1.807) is 0 Å². The van der Waals surface area contributed by atoms with Crippen molar-refractivity contribution in [3.8, 4) is 6.07 Å². The second-order valence-corrected chi connectivity index (χ2v) is 7.66. The largest absolute Gasteiger partial charge is 0.379 e. The number of nitriles is 1. The lowest BCUT2D eigenvalue weighted by Crippen LogP contribution is -2.38. The molecule has 0 aromatic heterocycles. The first-order valence-corrected chi connectivity index (χ1v) is 10.1. The van der Waals surface area contributed by atoms with Crippen LogP contribution in [0.15, 0.2) is 18.2 Å². The number of carbonyl (C=O) groups excluding carboxylic acids is 2. The zero-order chi connectivity index (χ0) is 20.7. The lowest BCUT2D eigenvalue weighted by Gasteiger charge is -2.29. The van der Waals surface area contributed by atoms with Crippen molar-refractivity contribution in [2.24, 2.45) is 5.41 Å². The Morgan fingerprint density at radius 2 is 1.90 bits per heavy atom. The summed E-state index contributed by atoms with van der Waals surface area (Å²) in [5.74, 6) is -1.23. The number of nitrogens with one attached hydrogen (secondary N) is 2. The van der Waals surface area contributed by atoms with E-state index in [0.717, 1.165) is 32.4 Å². The van der Waals surface area contributed by atoms with Gasteiger partial charge < -0.3 is 15.4 Å². The average molecular weight is 402 g/mol. The molecule has 0 radical (unpaired) electrons. The van der Waals surface area contributed by atoms with E-state index in [9.17, 15) is 19.2 Å². The Kier molecular flexibility index (Phi) is 7.18. The van der Waals surface area contributed by atoms with Crippen LogP contribution in [0.2, 0.25) is 0 Å². The molecule has 1 aliphatic carbocycles. The summed E-state index contributed by atoms with van der Waals surface area (Å²) >= 11 is 0. The summed E-state index contributed by atoms with van der Waals surface area (Å²) < 4.78 is 19.4. The van der Waals surface area contributed by atoms with Crippen molar-refractivity contribution in [3.63, 3.8) is 0 Å². The third-order valence-electron chi connectivity index (χ3n) is 5.61. The predicted octanol–water partition coefficient (Wildman–Crippen LogP) is 2.90. The van der Waals surface area contributed by atoms with Crippen molar-refractivity contribution in [2.75, 3.05) is 43.5 Å². The second-order valence-electron chi connectivity index (χ2n) is 7.66. The molecule has 1 aromatic rings. The summed E-state index contributed by atoms with van der Waals surface area (Å²) in [6.07, 6.45) is 4.01. The van der Waals surface area contributed by atoms with Crippen molar-refractivity contribution in [3.05, 3.63) is 24.0 Å². The molecule has 2 N–H and O–H groups in total. The Labute approximate surface area is 170 Å². The highest BCUT2D eigenvalue weighted by Crippen LogP contribution is 2.37. The molecule has 0 atom stereocenters. The number of amides is 2. The molecular weight excluding hydrogens is 375 g/mol. The molecular formula is C21H27FN4O3. The summed E-state index contributed by atoms with van der Waals surface area (Å²) in [5, 5.41) is 14.8. The summed E-state index contributed by atoms with van der Waals surface area (Å²) in [7, 11) is 0. The van der Waals surface area contributed by atoms with Gasteiger partial charge in [-0.2, -0.15) is 5.26 Å². The fourth-order valence-corrected chi connectivity index (χ4v) is 3.79. The van der Waals surface area contributed by atoms with Gasteiger partial charge >= 0.3 is 0 Å². The molecule has 1 heterocycles. The van der Waals surface area contributed by atoms with E-state index in [-0.39, 0.29) is 23.9 Å². The highest BCUT2D eigenvalue weighted by atomic mass is 19.1. The summed E-state index contributed by atoms with van der Waals surface area (Å²) in [6, 6.07) is 6.21. The van der Waals surface area contributed by atoms with Crippen molar-refractivity contribution >= 4 is 23.2 Å². The molecule has 3 rings (SSSR count). The van der Waals surface area contributed by atoms with Crippen LogP contribution in [-0.2, 0) is 14.3 Å².